The molecule has 4 atom stereocenters. The summed E-state index contributed by atoms with van der Waals surface area (Å²) in [5.74, 6) is -2.20. The summed E-state index contributed by atoms with van der Waals surface area (Å²) in [4.78, 5) is 22.9. The van der Waals surface area contributed by atoms with Gasteiger partial charge in [0.25, 0.3) is 11.5 Å². The third-order valence-electron chi connectivity index (χ3n) is 3.48. The molecule has 1 saturated heterocycles. The van der Waals surface area contributed by atoms with Gasteiger partial charge in [0, 0.05) is 12.3 Å². The predicted octanol–water partition coefficient (Wildman–Crippen LogP) is -1.91. The lowest BCUT2D eigenvalue weighted by Gasteiger charge is -2.27. The van der Waals surface area contributed by atoms with Gasteiger partial charge in [0.1, 0.15) is 23.6 Å². The van der Waals surface area contributed by atoms with Crippen LogP contribution >= 0.6 is 0 Å². The maximum absolute atomic E-state index is 13.5. The number of carbonyl (C=O) groups is 1. The molecule has 0 aliphatic carbocycles. The van der Waals surface area contributed by atoms with Crippen molar-refractivity contribution in [2.45, 2.75) is 31.0 Å². The minimum Gasteiger partial charge on any atom is -0.394 e. The molecular formula is C12H15FN2O6. The van der Waals surface area contributed by atoms with Gasteiger partial charge in [-0.1, -0.05) is 0 Å². The molecule has 1 amide bonds. The molecule has 1 aromatic rings. The average molecular weight is 302 g/mol. The Kier molecular flexibility index (Phi) is 3.85. The van der Waals surface area contributed by atoms with E-state index in [0.29, 0.717) is 6.07 Å². The highest BCUT2D eigenvalue weighted by Gasteiger charge is 2.53. The second kappa shape index (κ2) is 5.19. The van der Waals surface area contributed by atoms with Gasteiger partial charge in [-0.15, -0.1) is 0 Å². The van der Waals surface area contributed by atoms with E-state index in [9.17, 15) is 24.2 Å². The number of amides is 1. The Morgan fingerprint density at radius 1 is 1.62 bits per heavy atom. The van der Waals surface area contributed by atoms with Gasteiger partial charge < -0.3 is 25.8 Å². The van der Waals surface area contributed by atoms with E-state index in [2.05, 4.69) is 0 Å². The summed E-state index contributed by atoms with van der Waals surface area (Å²) in [6.45, 7) is 0.601. The topological polar surface area (TPSA) is 135 Å². The molecule has 8 nitrogen and oxygen atoms in total. The van der Waals surface area contributed by atoms with Crippen LogP contribution < -0.4 is 11.3 Å². The van der Waals surface area contributed by atoms with Gasteiger partial charge in [0.2, 0.25) is 0 Å². The quantitative estimate of drug-likeness (QED) is 0.514. The number of aliphatic hydroxyl groups excluding tert-OH is 2. The van der Waals surface area contributed by atoms with Crippen molar-refractivity contribution in [1.29, 1.82) is 0 Å². The van der Waals surface area contributed by atoms with Gasteiger partial charge in [0.05, 0.1) is 12.2 Å². The van der Waals surface area contributed by atoms with Crippen LogP contribution in [0.3, 0.4) is 0 Å². The molecule has 1 aromatic heterocycles. The summed E-state index contributed by atoms with van der Waals surface area (Å²) in [7, 11) is 0. The van der Waals surface area contributed by atoms with Crippen molar-refractivity contribution in [2.24, 2.45) is 5.73 Å². The minimum atomic E-state index is -1.93. The first kappa shape index (κ1) is 15.6. The molecule has 5 N–H and O–H groups in total. The van der Waals surface area contributed by atoms with E-state index in [1.165, 1.54) is 6.92 Å². The molecule has 1 fully saturated rings. The third kappa shape index (κ3) is 2.44. The van der Waals surface area contributed by atoms with Crippen molar-refractivity contribution in [3.05, 3.63) is 34.0 Å². The number of halogens is 1. The number of hydrogen-bond donors (Lipinski definition) is 4. The van der Waals surface area contributed by atoms with E-state index in [-0.39, 0.29) is 0 Å². The first-order valence-electron chi connectivity index (χ1n) is 6.08. The maximum atomic E-state index is 13.5. The number of nitrogens with zero attached hydrogens (tertiary/aromatic N) is 1. The Morgan fingerprint density at radius 3 is 2.71 bits per heavy atom. The zero-order valence-electron chi connectivity index (χ0n) is 11.1. The lowest BCUT2D eigenvalue weighted by atomic mass is 9.96. The van der Waals surface area contributed by atoms with Crippen LogP contribution in [0.5, 0.6) is 0 Å². The molecule has 9 heteroatoms. The largest absolute Gasteiger partial charge is 0.394 e. The van der Waals surface area contributed by atoms with Crippen LogP contribution in [0.1, 0.15) is 23.5 Å². The standard InChI is InChI=1S/C12H15FN2O6/c1-12(20)9(18)7(4-16)21-11(12)15-3-5(10(14)19)6(13)2-8(15)17/h2-3,7,9,11,16,18,20H,4H2,1H3,(H2,14,19)/t7-,9-,11-,12-/m1/s1. The molecule has 21 heavy (non-hydrogen) atoms. The second-order valence-corrected chi connectivity index (χ2v) is 5.02. The molecule has 0 radical (unpaired) electrons. The predicted molar refractivity (Wildman–Crippen MR) is 66.8 cm³/mol. The van der Waals surface area contributed by atoms with Crippen molar-refractivity contribution in [1.82, 2.24) is 4.57 Å². The molecule has 1 aliphatic rings. The second-order valence-electron chi connectivity index (χ2n) is 5.02. The third-order valence-corrected chi connectivity index (χ3v) is 3.48. The number of primary amides is 1. The van der Waals surface area contributed by atoms with Crippen LogP contribution in [0.4, 0.5) is 4.39 Å². The highest BCUT2D eigenvalue weighted by atomic mass is 19.1. The van der Waals surface area contributed by atoms with Crippen molar-refractivity contribution in [3.8, 4) is 0 Å². The molecular weight excluding hydrogens is 287 g/mol. The summed E-state index contributed by atoms with van der Waals surface area (Å²) in [6, 6.07) is 0.526. The highest BCUT2D eigenvalue weighted by molar-refractivity contribution is 5.92. The van der Waals surface area contributed by atoms with Crippen LogP contribution in [0, 0.1) is 5.82 Å². The van der Waals surface area contributed by atoms with Crippen LogP contribution in [0.2, 0.25) is 0 Å². The number of aliphatic hydroxyl groups is 3. The van der Waals surface area contributed by atoms with Crippen LogP contribution in [-0.2, 0) is 4.74 Å². The number of nitrogens with two attached hydrogens (primary N) is 1. The summed E-state index contributed by atoms with van der Waals surface area (Å²) < 4.78 is 19.4. The highest BCUT2D eigenvalue weighted by Crippen LogP contribution is 2.37. The number of carbonyl (C=O) groups excluding carboxylic acids is 1. The summed E-state index contributed by atoms with van der Waals surface area (Å²) in [5.41, 5.74) is 1.61. The van der Waals surface area contributed by atoms with Gasteiger partial charge in [-0.25, -0.2) is 4.39 Å². The van der Waals surface area contributed by atoms with E-state index in [1.54, 1.807) is 0 Å². The van der Waals surface area contributed by atoms with Crippen molar-refractivity contribution in [2.75, 3.05) is 6.61 Å². The van der Waals surface area contributed by atoms with Crippen molar-refractivity contribution in [3.63, 3.8) is 0 Å². The van der Waals surface area contributed by atoms with Crippen LogP contribution in [0.25, 0.3) is 0 Å². The number of ether oxygens (including phenoxy) is 1. The summed E-state index contributed by atoms with van der Waals surface area (Å²) in [6.07, 6.45) is -3.19. The SMILES string of the molecule is C[C@@]1(O)[C@H](O)[C@@H](CO)O[C@H]1n1cc(C(N)=O)c(F)cc1=O. The lowest BCUT2D eigenvalue weighted by Crippen LogP contribution is -2.46. The molecule has 0 aromatic carbocycles. The fraction of sp³-hybridized carbons (Fsp3) is 0.500. The molecule has 0 spiro atoms. The van der Waals surface area contributed by atoms with Crippen LogP contribution in [-0.4, -0.2) is 50.2 Å². The molecule has 116 valence electrons. The fourth-order valence-electron chi connectivity index (χ4n) is 2.28. The molecule has 2 rings (SSSR count). The maximum Gasteiger partial charge on any atom is 0.255 e. The van der Waals surface area contributed by atoms with E-state index in [1.807, 2.05) is 0 Å². The fourth-order valence-corrected chi connectivity index (χ4v) is 2.28. The van der Waals surface area contributed by atoms with Gasteiger partial charge in [-0.3, -0.25) is 14.2 Å². The number of aromatic nitrogens is 1. The Hall–Kier alpha value is -1.81. The van der Waals surface area contributed by atoms with Crippen molar-refractivity contribution < 1.29 is 29.2 Å². The lowest BCUT2D eigenvalue weighted by molar-refractivity contribution is -0.0983. The van der Waals surface area contributed by atoms with Gasteiger partial charge in [0.15, 0.2) is 6.23 Å². The summed E-state index contributed by atoms with van der Waals surface area (Å²) >= 11 is 0. The first-order valence-corrected chi connectivity index (χ1v) is 6.08. The molecule has 0 unspecified atom stereocenters. The monoisotopic (exact) mass is 302 g/mol. The van der Waals surface area contributed by atoms with Gasteiger partial charge in [-0.2, -0.15) is 0 Å². The van der Waals surface area contributed by atoms with Gasteiger partial charge in [-0.05, 0) is 6.92 Å². The Bertz CT molecular complexity index is 629. The summed E-state index contributed by atoms with van der Waals surface area (Å²) in [5, 5.41) is 29.2. The van der Waals surface area contributed by atoms with E-state index in [0.717, 1.165) is 10.8 Å². The molecule has 2 heterocycles. The average Bonchev–Trinajstić information content (AvgIpc) is 2.61. The number of hydrogen-bond acceptors (Lipinski definition) is 6. The Balaban J connectivity index is 2.54. The molecule has 0 bridgehead atoms. The Labute approximate surface area is 118 Å². The molecule has 1 aliphatic heterocycles. The smallest absolute Gasteiger partial charge is 0.255 e. The normalized spacial score (nSPS) is 32.3. The van der Waals surface area contributed by atoms with E-state index < -0.39 is 53.5 Å². The number of pyridine rings is 1. The molecule has 0 saturated carbocycles. The number of rotatable bonds is 3. The zero-order valence-corrected chi connectivity index (χ0v) is 11.1. The minimum absolute atomic E-state index is 0.526. The first-order chi connectivity index (χ1) is 9.70. The Morgan fingerprint density at radius 2 is 2.24 bits per heavy atom. The van der Waals surface area contributed by atoms with Gasteiger partial charge >= 0.3 is 0 Å². The van der Waals surface area contributed by atoms with Crippen molar-refractivity contribution >= 4 is 5.91 Å². The zero-order chi connectivity index (χ0) is 15.9. The van der Waals surface area contributed by atoms with E-state index in [4.69, 9.17) is 15.6 Å². The van der Waals surface area contributed by atoms with E-state index >= 15 is 0 Å². The van der Waals surface area contributed by atoms with Crippen LogP contribution in [0.15, 0.2) is 17.1 Å².